The summed E-state index contributed by atoms with van der Waals surface area (Å²) in [5, 5.41) is 17.0. The largest absolute Gasteiger partial charge is 0.396 e. The van der Waals surface area contributed by atoms with Crippen LogP contribution < -0.4 is 5.32 Å². The van der Waals surface area contributed by atoms with Crippen LogP contribution in [0.3, 0.4) is 0 Å². The van der Waals surface area contributed by atoms with Gasteiger partial charge in [0.15, 0.2) is 16.9 Å². The van der Waals surface area contributed by atoms with Gasteiger partial charge in [-0.05, 0) is 31.4 Å². The number of carbonyl (C=O) groups is 1. The lowest BCUT2D eigenvalue weighted by Gasteiger charge is -2.10. The average Bonchev–Trinajstić information content (AvgIpc) is 3.26. The number of carbonyl (C=O) groups excluding carboxylic acids is 1. The Morgan fingerprint density at radius 2 is 2.16 bits per heavy atom. The molecule has 1 aliphatic carbocycles. The SMILES string of the molecule is O=C(Nc1ncc(COCCCO)s1)/C(=N/O[C@@H]1CCOC1)c1ccc(SC2CC2)cc1. The molecule has 32 heavy (non-hydrogen) atoms. The number of aliphatic hydroxyl groups excluding tert-OH is 1. The van der Waals surface area contributed by atoms with E-state index in [0.717, 1.165) is 16.5 Å². The van der Waals surface area contributed by atoms with E-state index in [1.54, 1.807) is 6.20 Å². The smallest absolute Gasteiger partial charge is 0.280 e. The van der Waals surface area contributed by atoms with E-state index in [9.17, 15) is 4.79 Å². The first-order valence-electron chi connectivity index (χ1n) is 10.7. The zero-order chi connectivity index (χ0) is 22.2. The first kappa shape index (κ1) is 23.2. The number of rotatable bonds is 12. The molecule has 0 unspecified atom stereocenters. The fourth-order valence-corrected chi connectivity index (χ4v) is 4.74. The predicted octanol–water partition coefficient (Wildman–Crippen LogP) is 3.44. The normalized spacial score (nSPS) is 18.7. The summed E-state index contributed by atoms with van der Waals surface area (Å²) in [5.74, 6) is -0.381. The van der Waals surface area contributed by atoms with Crippen LogP contribution in [0.5, 0.6) is 0 Å². The minimum atomic E-state index is -0.381. The second kappa shape index (κ2) is 11.8. The number of thioether (sulfide) groups is 1. The molecule has 0 spiro atoms. The topological polar surface area (TPSA) is 102 Å². The van der Waals surface area contributed by atoms with Crippen molar-refractivity contribution in [2.45, 2.75) is 48.5 Å². The van der Waals surface area contributed by atoms with Gasteiger partial charge >= 0.3 is 0 Å². The number of oxime groups is 1. The standard InChI is InChI=1S/C22H27N3O5S2/c26-9-1-10-28-14-19-12-23-22(32-19)24-21(27)20(25-30-16-8-11-29-13-16)15-2-4-17(5-3-15)31-18-6-7-18/h2-5,12,16,18,26H,1,6-11,13-14H2,(H,23,24,27)/b25-20+/t16-/m1/s1. The number of hydrogen-bond acceptors (Lipinski definition) is 9. The van der Waals surface area contributed by atoms with Crippen LogP contribution in [0.15, 0.2) is 40.5 Å². The Morgan fingerprint density at radius 1 is 1.31 bits per heavy atom. The summed E-state index contributed by atoms with van der Waals surface area (Å²) in [6.45, 7) is 2.07. The molecule has 2 aliphatic rings. The number of benzene rings is 1. The van der Waals surface area contributed by atoms with Gasteiger partial charge in [0.05, 0.1) is 24.7 Å². The third kappa shape index (κ3) is 7.01. The van der Waals surface area contributed by atoms with Crippen molar-refractivity contribution in [1.82, 2.24) is 4.98 Å². The van der Waals surface area contributed by atoms with Gasteiger partial charge in [-0.3, -0.25) is 10.1 Å². The Hall–Kier alpha value is -1.98. The number of aromatic nitrogens is 1. The van der Waals surface area contributed by atoms with Crippen molar-refractivity contribution in [3.8, 4) is 0 Å². The molecule has 1 aromatic carbocycles. The zero-order valence-electron chi connectivity index (χ0n) is 17.7. The molecule has 2 N–H and O–H groups in total. The summed E-state index contributed by atoms with van der Waals surface area (Å²) in [6, 6.07) is 7.84. The Labute approximate surface area is 195 Å². The third-order valence-electron chi connectivity index (χ3n) is 4.82. The van der Waals surface area contributed by atoms with Gasteiger partial charge in [0.25, 0.3) is 5.91 Å². The van der Waals surface area contributed by atoms with E-state index >= 15 is 0 Å². The van der Waals surface area contributed by atoms with E-state index < -0.39 is 0 Å². The van der Waals surface area contributed by atoms with Crippen molar-refractivity contribution >= 4 is 39.8 Å². The van der Waals surface area contributed by atoms with Gasteiger partial charge in [-0.1, -0.05) is 28.6 Å². The van der Waals surface area contributed by atoms with Crippen LogP contribution in [0.25, 0.3) is 0 Å². The van der Waals surface area contributed by atoms with E-state index in [4.69, 9.17) is 19.4 Å². The van der Waals surface area contributed by atoms with Gasteiger partial charge in [0, 0.05) is 41.5 Å². The van der Waals surface area contributed by atoms with Gasteiger partial charge in [-0.15, -0.1) is 11.8 Å². The second-order valence-electron chi connectivity index (χ2n) is 7.59. The van der Waals surface area contributed by atoms with E-state index in [1.165, 1.54) is 29.1 Å². The minimum absolute atomic E-state index is 0.0986. The quantitative estimate of drug-likeness (QED) is 0.274. The molecule has 0 bridgehead atoms. The Bertz CT molecular complexity index is 909. The van der Waals surface area contributed by atoms with Gasteiger partial charge in [0.1, 0.15) is 0 Å². The lowest BCUT2D eigenvalue weighted by atomic mass is 10.1. The molecular formula is C22H27N3O5S2. The number of aliphatic hydroxyl groups is 1. The monoisotopic (exact) mass is 477 g/mol. The Balaban J connectivity index is 1.42. The molecular weight excluding hydrogens is 450 g/mol. The van der Waals surface area contributed by atoms with E-state index in [2.05, 4.69) is 15.5 Å². The maximum absolute atomic E-state index is 13.0. The lowest BCUT2D eigenvalue weighted by Crippen LogP contribution is -2.25. The van der Waals surface area contributed by atoms with Crippen LogP contribution in [-0.4, -0.2) is 59.5 Å². The summed E-state index contributed by atoms with van der Waals surface area (Å²) in [5.41, 5.74) is 0.890. The van der Waals surface area contributed by atoms with Gasteiger partial charge in [-0.25, -0.2) is 4.98 Å². The van der Waals surface area contributed by atoms with Crippen molar-refractivity contribution < 1.29 is 24.2 Å². The minimum Gasteiger partial charge on any atom is -0.396 e. The highest BCUT2D eigenvalue weighted by atomic mass is 32.2. The molecule has 0 radical (unpaired) electrons. The van der Waals surface area contributed by atoms with Crippen LogP contribution in [-0.2, 0) is 25.7 Å². The molecule has 1 amide bonds. The number of amides is 1. The van der Waals surface area contributed by atoms with Crippen LogP contribution in [0.1, 0.15) is 36.1 Å². The van der Waals surface area contributed by atoms with Crippen molar-refractivity contribution in [1.29, 1.82) is 0 Å². The number of hydrogen-bond donors (Lipinski definition) is 2. The highest BCUT2D eigenvalue weighted by Crippen LogP contribution is 2.39. The lowest BCUT2D eigenvalue weighted by molar-refractivity contribution is -0.110. The number of anilines is 1. The fourth-order valence-electron chi connectivity index (χ4n) is 2.95. The van der Waals surface area contributed by atoms with Crippen molar-refractivity contribution in [3.05, 3.63) is 40.9 Å². The number of thiazole rings is 1. The van der Waals surface area contributed by atoms with E-state index in [-0.39, 0.29) is 24.3 Å². The maximum Gasteiger partial charge on any atom is 0.280 e. The number of ether oxygens (including phenoxy) is 2. The maximum atomic E-state index is 13.0. The molecule has 172 valence electrons. The molecule has 2 fully saturated rings. The highest BCUT2D eigenvalue weighted by Gasteiger charge is 2.24. The molecule has 1 aliphatic heterocycles. The van der Waals surface area contributed by atoms with Crippen LogP contribution in [0.4, 0.5) is 5.13 Å². The molecule has 4 rings (SSSR count). The van der Waals surface area contributed by atoms with Crippen LogP contribution in [0, 0.1) is 0 Å². The van der Waals surface area contributed by atoms with Crippen molar-refractivity contribution in [2.24, 2.45) is 5.16 Å². The van der Waals surface area contributed by atoms with Gasteiger partial charge < -0.3 is 19.4 Å². The van der Waals surface area contributed by atoms with Crippen LogP contribution in [0.2, 0.25) is 0 Å². The Morgan fingerprint density at radius 3 is 2.88 bits per heavy atom. The second-order valence-corrected chi connectivity index (χ2v) is 10.1. The molecule has 8 nitrogen and oxygen atoms in total. The summed E-state index contributed by atoms with van der Waals surface area (Å²) in [4.78, 5) is 25.0. The van der Waals surface area contributed by atoms with Crippen molar-refractivity contribution in [2.75, 3.05) is 31.7 Å². The molecule has 1 atom stereocenters. The predicted molar refractivity (Wildman–Crippen MR) is 124 cm³/mol. The molecule has 1 aromatic heterocycles. The summed E-state index contributed by atoms with van der Waals surface area (Å²) < 4.78 is 10.8. The first-order chi connectivity index (χ1) is 15.7. The number of nitrogens with zero attached hydrogens (tertiary/aromatic N) is 2. The zero-order valence-corrected chi connectivity index (χ0v) is 19.3. The molecule has 1 saturated heterocycles. The summed E-state index contributed by atoms with van der Waals surface area (Å²) in [7, 11) is 0. The van der Waals surface area contributed by atoms with E-state index in [1.807, 2.05) is 36.0 Å². The van der Waals surface area contributed by atoms with Gasteiger partial charge in [0.2, 0.25) is 0 Å². The molecule has 2 heterocycles. The van der Waals surface area contributed by atoms with Crippen LogP contribution >= 0.6 is 23.1 Å². The summed E-state index contributed by atoms with van der Waals surface area (Å²) >= 11 is 3.21. The van der Waals surface area contributed by atoms with E-state index in [0.29, 0.717) is 43.5 Å². The fraction of sp³-hybridized carbons (Fsp3) is 0.500. The van der Waals surface area contributed by atoms with Gasteiger partial charge in [-0.2, -0.15) is 0 Å². The molecule has 10 heteroatoms. The summed E-state index contributed by atoms with van der Waals surface area (Å²) in [6.07, 6.45) is 5.40. The number of nitrogens with one attached hydrogen (secondary N) is 1. The highest BCUT2D eigenvalue weighted by molar-refractivity contribution is 8.00. The molecule has 1 saturated carbocycles. The third-order valence-corrected chi connectivity index (χ3v) is 7.05. The average molecular weight is 478 g/mol. The molecule has 2 aromatic rings. The first-order valence-corrected chi connectivity index (χ1v) is 12.4. The van der Waals surface area contributed by atoms with Crippen molar-refractivity contribution in [3.63, 3.8) is 0 Å². The Kier molecular flexibility index (Phi) is 8.52.